The highest BCUT2D eigenvalue weighted by molar-refractivity contribution is 5.94. The monoisotopic (exact) mass is 250 g/mol. The van der Waals surface area contributed by atoms with Gasteiger partial charge in [-0.15, -0.1) is 0 Å². The summed E-state index contributed by atoms with van der Waals surface area (Å²) in [5.74, 6) is -0.0625. The molecule has 0 spiro atoms. The third-order valence-corrected chi connectivity index (χ3v) is 2.60. The lowest BCUT2D eigenvalue weighted by atomic mass is 10.2. The molecule has 0 heterocycles. The molecule has 100 valence electrons. The van der Waals surface area contributed by atoms with E-state index in [0.29, 0.717) is 18.8 Å². The number of anilines is 1. The zero-order valence-electron chi connectivity index (χ0n) is 11.6. The van der Waals surface area contributed by atoms with Crippen molar-refractivity contribution in [1.82, 2.24) is 5.32 Å². The predicted octanol–water partition coefficient (Wildman–Crippen LogP) is 1.91. The van der Waals surface area contributed by atoms with Crippen LogP contribution in [0.4, 0.5) is 5.69 Å². The molecule has 0 aliphatic carbocycles. The summed E-state index contributed by atoms with van der Waals surface area (Å²) < 4.78 is 5.26. The van der Waals surface area contributed by atoms with E-state index in [0.717, 1.165) is 5.69 Å². The van der Waals surface area contributed by atoms with Crippen LogP contribution in [0.3, 0.4) is 0 Å². The Morgan fingerprint density at radius 1 is 1.33 bits per heavy atom. The highest BCUT2D eigenvalue weighted by atomic mass is 16.5. The van der Waals surface area contributed by atoms with Crippen LogP contribution >= 0.6 is 0 Å². The van der Waals surface area contributed by atoms with Gasteiger partial charge in [-0.05, 0) is 38.1 Å². The van der Waals surface area contributed by atoms with Crippen LogP contribution < -0.4 is 10.2 Å². The molecule has 0 aliphatic heterocycles. The molecular weight excluding hydrogens is 228 g/mol. The topological polar surface area (TPSA) is 41.6 Å². The average Bonchev–Trinajstić information content (AvgIpc) is 2.36. The molecule has 0 fully saturated rings. The summed E-state index contributed by atoms with van der Waals surface area (Å²) in [5, 5.41) is 2.90. The summed E-state index contributed by atoms with van der Waals surface area (Å²) in [6.07, 6.45) is 0. The number of ether oxygens (including phenoxy) is 1. The van der Waals surface area contributed by atoms with E-state index in [1.165, 1.54) is 0 Å². The van der Waals surface area contributed by atoms with Gasteiger partial charge in [0.15, 0.2) is 0 Å². The quantitative estimate of drug-likeness (QED) is 0.838. The van der Waals surface area contributed by atoms with Crippen LogP contribution in [0.15, 0.2) is 24.3 Å². The predicted molar refractivity (Wildman–Crippen MR) is 74.2 cm³/mol. The van der Waals surface area contributed by atoms with Crippen molar-refractivity contribution < 1.29 is 9.53 Å². The lowest BCUT2D eigenvalue weighted by Crippen LogP contribution is -2.35. The molecule has 1 unspecified atom stereocenters. The van der Waals surface area contributed by atoms with Crippen molar-refractivity contribution in [3.63, 3.8) is 0 Å². The normalized spacial score (nSPS) is 12.0. The molecule has 0 bridgehead atoms. The molecule has 1 amide bonds. The van der Waals surface area contributed by atoms with Gasteiger partial charge in [0.2, 0.25) is 0 Å². The van der Waals surface area contributed by atoms with Crippen LogP contribution in [-0.2, 0) is 4.74 Å². The van der Waals surface area contributed by atoms with Crippen molar-refractivity contribution in [1.29, 1.82) is 0 Å². The van der Waals surface area contributed by atoms with E-state index in [-0.39, 0.29) is 11.9 Å². The number of hydrogen-bond acceptors (Lipinski definition) is 3. The van der Waals surface area contributed by atoms with Gasteiger partial charge in [0.25, 0.3) is 5.91 Å². The van der Waals surface area contributed by atoms with Crippen LogP contribution in [0.1, 0.15) is 24.2 Å². The maximum Gasteiger partial charge on any atom is 0.251 e. The summed E-state index contributed by atoms with van der Waals surface area (Å²) in [6.45, 7) is 5.08. The van der Waals surface area contributed by atoms with Crippen molar-refractivity contribution in [3.05, 3.63) is 29.8 Å². The molecule has 1 aromatic rings. The van der Waals surface area contributed by atoms with E-state index < -0.39 is 0 Å². The first-order chi connectivity index (χ1) is 8.54. The van der Waals surface area contributed by atoms with Gasteiger partial charge in [-0.1, -0.05) is 0 Å². The molecule has 1 aromatic carbocycles. The lowest BCUT2D eigenvalue weighted by molar-refractivity contribution is 0.0872. The number of hydrogen-bond donors (Lipinski definition) is 1. The molecule has 18 heavy (non-hydrogen) atoms. The Morgan fingerprint density at radius 2 is 1.94 bits per heavy atom. The van der Waals surface area contributed by atoms with Crippen molar-refractivity contribution >= 4 is 11.6 Å². The Hall–Kier alpha value is -1.55. The second kappa shape index (κ2) is 7.01. The Morgan fingerprint density at radius 3 is 2.44 bits per heavy atom. The molecule has 0 aliphatic rings. The van der Waals surface area contributed by atoms with Gasteiger partial charge in [-0.25, -0.2) is 0 Å². The zero-order chi connectivity index (χ0) is 13.5. The van der Waals surface area contributed by atoms with Crippen molar-refractivity contribution in [2.45, 2.75) is 19.9 Å². The molecule has 0 saturated carbocycles. The van der Waals surface area contributed by atoms with Gasteiger partial charge in [0.05, 0.1) is 6.61 Å². The molecule has 0 aromatic heterocycles. The molecule has 4 nitrogen and oxygen atoms in total. The van der Waals surface area contributed by atoms with Gasteiger partial charge in [0.1, 0.15) is 0 Å². The zero-order valence-corrected chi connectivity index (χ0v) is 11.6. The second-order valence-electron chi connectivity index (χ2n) is 4.48. The van der Waals surface area contributed by atoms with E-state index in [9.17, 15) is 4.79 Å². The number of benzene rings is 1. The Kier molecular flexibility index (Phi) is 5.65. The molecular formula is C14H22N2O2. The Labute approximate surface area is 109 Å². The van der Waals surface area contributed by atoms with Crippen LogP contribution in [0.5, 0.6) is 0 Å². The summed E-state index contributed by atoms with van der Waals surface area (Å²) in [6, 6.07) is 7.55. The van der Waals surface area contributed by atoms with E-state index in [1.807, 2.05) is 57.1 Å². The number of nitrogens with one attached hydrogen (secondary N) is 1. The fourth-order valence-electron chi connectivity index (χ4n) is 1.55. The van der Waals surface area contributed by atoms with E-state index in [4.69, 9.17) is 4.74 Å². The van der Waals surface area contributed by atoms with Gasteiger partial charge < -0.3 is 15.0 Å². The first kappa shape index (κ1) is 14.5. The minimum atomic E-state index is -0.0625. The molecule has 1 atom stereocenters. The van der Waals surface area contributed by atoms with E-state index in [1.54, 1.807) is 0 Å². The summed E-state index contributed by atoms with van der Waals surface area (Å²) in [5.41, 5.74) is 1.75. The first-order valence-corrected chi connectivity index (χ1v) is 6.20. The number of carbonyl (C=O) groups is 1. The van der Waals surface area contributed by atoms with Gasteiger partial charge in [0, 0.05) is 38.0 Å². The maximum atomic E-state index is 11.9. The van der Waals surface area contributed by atoms with Crippen molar-refractivity contribution in [2.24, 2.45) is 0 Å². The van der Waals surface area contributed by atoms with Crippen LogP contribution in [0.2, 0.25) is 0 Å². The highest BCUT2D eigenvalue weighted by Crippen LogP contribution is 2.12. The minimum Gasteiger partial charge on any atom is -0.380 e. The Balaban J connectivity index is 2.56. The van der Waals surface area contributed by atoms with Crippen LogP contribution in [0.25, 0.3) is 0 Å². The standard InChI is InChI=1S/C14H22N2O2/c1-5-18-10-11(2)15-14(17)12-6-8-13(9-7-12)16(3)4/h6-9,11H,5,10H2,1-4H3,(H,15,17). The number of amides is 1. The fourth-order valence-corrected chi connectivity index (χ4v) is 1.55. The van der Waals surface area contributed by atoms with E-state index >= 15 is 0 Å². The SMILES string of the molecule is CCOCC(C)NC(=O)c1ccc(N(C)C)cc1. The second-order valence-corrected chi connectivity index (χ2v) is 4.48. The van der Waals surface area contributed by atoms with Gasteiger partial charge in [-0.2, -0.15) is 0 Å². The fraction of sp³-hybridized carbons (Fsp3) is 0.500. The number of nitrogens with zero attached hydrogens (tertiary/aromatic N) is 1. The molecule has 1 rings (SSSR count). The molecule has 1 N–H and O–H groups in total. The van der Waals surface area contributed by atoms with E-state index in [2.05, 4.69) is 5.32 Å². The third kappa shape index (κ3) is 4.37. The van der Waals surface area contributed by atoms with Crippen LogP contribution in [0, 0.1) is 0 Å². The largest absolute Gasteiger partial charge is 0.380 e. The summed E-state index contributed by atoms with van der Waals surface area (Å²) in [4.78, 5) is 13.9. The smallest absolute Gasteiger partial charge is 0.251 e. The summed E-state index contributed by atoms with van der Waals surface area (Å²) in [7, 11) is 3.94. The average molecular weight is 250 g/mol. The number of carbonyl (C=O) groups excluding carboxylic acids is 1. The lowest BCUT2D eigenvalue weighted by Gasteiger charge is -2.15. The molecule has 0 saturated heterocycles. The third-order valence-electron chi connectivity index (χ3n) is 2.60. The maximum absolute atomic E-state index is 11.9. The van der Waals surface area contributed by atoms with Crippen molar-refractivity contribution in [2.75, 3.05) is 32.2 Å². The van der Waals surface area contributed by atoms with Gasteiger partial charge in [-0.3, -0.25) is 4.79 Å². The molecule has 4 heteroatoms. The molecule has 0 radical (unpaired) electrons. The first-order valence-electron chi connectivity index (χ1n) is 6.20. The highest BCUT2D eigenvalue weighted by Gasteiger charge is 2.09. The summed E-state index contributed by atoms with van der Waals surface area (Å²) >= 11 is 0. The minimum absolute atomic E-state index is 0.0194. The number of rotatable bonds is 6. The van der Waals surface area contributed by atoms with Gasteiger partial charge >= 0.3 is 0 Å². The van der Waals surface area contributed by atoms with Crippen LogP contribution in [-0.4, -0.2) is 39.3 Å². The Bertz CT molecular complexity index is 374. The van der Waals surface area contributed by atoms with Crippen molar-refractivity contribution in [3.8, 4) is 0 Å².